The SMILES string of the molecule is Cc1ccc(C)c(NC(=O)CN(C)S(=O)(=O)c2cccs2)c1. The Bertz CT molecular complexity index is 768. The minimum absolute atomic E-state index is 0.229. The first-order valence-electron chi connectivity index (χ1n) is 6.67. The number of benzene rings is 1. The molecule has 0 aliphatic rings. The van der Waals surface area contributed by atoms with E-state index in [2.05, 4.69) is 5.32 Å². The second kappa shape index (κ2) is 6.60. The summed E-state index contributed by atoms with van der Waals surface area (Å²) in [5.41, 5.74) is 2.66. The highest BCUT2D eigenvalue weighted by Crippen LogP contribution is 2.20. The van der Waals surface area contributed by atoms with E-state index in [0.717, 1.165) is 26.8 Å². The molecule has 0 unspecified atom stereocenters. The summed E-state index contributed by atoms with van der Waals surface area (Å²) >= 11 is 1.13. The first kappa shape index (κ1) is 16.7. The van der Waals surface area contributed by atoms with Crippen LogP contribution in [0.15, 0.2) is 39.9 Å². The van der Waals surface area contributed by atoms with Crippen LogP contribution in [0.3, 0.4) is 0 Å². The van der Waals surface area contributed by atoms with Gasteiger partial charge in [-0.1, -0.05) is 18.2 Å². The maximum Gasteiger partial charge on any atom is 0.252 e. The van der Waals surface area contributed by atoms with Crippen LogP contribution in [0.5, 0.6) is 0 Å². The average molecular weight is 338 g/mol. The predicted molar refractivity (Wildman–Crippen MR) is 88.7 cm³/mol. The molecule has 22 heavy (non-hydrogen) atoms. The van der Waals surface area contributed by atoms with Crippen LogP contribution in [0, 0.1) is 13.8 Å². The van der Waals surface area contributed by atoms with E-state index >= 15 is 0 Å². The van der Waals surface area contributed by atoms with Crippen molar-refractivity contribution in [2.24, 2.45) is 0 Å². The van der Waals surface area contributed by atoms with Gasteiger partial charge in [0.1, 0.15) is 4.21 Å². The van der Waals surface area contributed by atoms with Gasteiger partial charge in [0.2, 0.25) is 5.91 Å². The summed E-state index contributed by atoms with van der Waals surface area (Å²) in [5.74, 6) is -0.365. The number of nitrogens with zero attached hydrogens (tertiary/aromatic N) is 1. The maximum absolute atomic E-state index is 12.3. The van der Waals surface area contributed by atoms with Crippen molar-refractivity contribution in [1.82, 2.24) is 4.31 Å². The van der Waals surface area contributed by atoms with Crippen molar-refractivity contribution < 1.29 is 13.2 Å². The number of hydrogen-bond donors (Lipinski definition) is 1. The van der Waals surface area contributed by atoms with Crippen LogP contribution in [0.4, 0.5) is 5.69 Å². The fourth-order valence-electron chi connectivity index (χ4n) is 1.91. The molecule has 0 atom stereocenters. The molecule has 2 rings (SSSR count). The van der Waals surface area contributed by atoms with Gasteiger partial charge in [0.25, 0.3) is 10.0 Å². The number of rotatable bonds is 5. The zero-order chi connectivity index (χ0) is 16.3. The third-order valence-electron chi connectivity index (χ3n) is 3.19. The van der Waals surface area contributed by atoms with Gasteiger partial charge in [0.05, 0.1) is 6.54 Å². The number of likely N-dealkylation sites (N-methyl/N-ethyl adjacent to an activating group) is 1. The molecule has 1 N–H and O–H groups in total. The molecule has 1 amide bonds. The molecule has 0 saturated carbocycles. The summed E-state index contributed by atoms with van der Waals surface area (Å²) in [4.78, 5) is 12.1. The highest BCUT2D eigenvalue weighted by Gasteiger charge is 2.23. The number of nitrogens with one attached hydrogen (secondary N) is 1. The molecular weight excluding hydrogens is 320 g/mol. The molecule has 1 heterocycles. The Labute approximate surface area is 134 Å². The third-order valence-corrected chi connectivity index (χ3v) is 6.37. The second-order valence-electron chi connectivity index (χ2n) is 5.06. The van der Waals surface area contributed by atoms with Gasteiger partial charge >= 0.3 is 0 Å². The summed E-state index contributed by atoms with van der Waals surface area (Å²) in [7, 11) is -2.21. The zero-order valence-corrected chi connectivity index (χ0v) is 14.3. The molecular formula is C15H18N2O3S2. The second-order valence-corrected chi connectivity index (χ2v) is 8.28. The largest absolute Gasteiger partial charge is 0.325 e. The molecule has 0 aliphatic heterocycles. The minimum Gasteiger partial charge on any atom is -0.325 e. The van der Waals surface area contributed by atoms with Crippen LogP contribution in [0.1, 0.15) is 11.1 Å². The van der Waals surface area contributed by atoms with Gasteiger partial charge in [-0.2, -0.15) is 4.31 Å². The van der Waals surface area contributed by atoms with Gasteiger partial charge in [-0.3, -0.25) is 4.79 Å². The van der Waals surface area contributed by atoms with E-state index in [9.17, 15) is 13.2 Å². The number of carbonyl (C=O) groups is 1. The van der Waals surface area contributed by atoms with Crippen molar-refractivity contribution in [1.29, 1.82) is 0 Å². The van der Waals surface area contributed by atoms with Crippen LogP contribution in [-0.4, -0.2) is 32.2 Å². The van der Waals surface area contributed by atoms with E-state index in [1.54, 1.807) is 11.4 Å². The van der Waals surface area contributed by atoms with Crippen LogP contribution >= 0.6 is 11.3 Å². The van der Waals surface area contributed by atoms with Gasteiger partial charge in [0, 0.05) is 12.7 Å². The van der Waals surface area contributed by atoms with Crippen molar-refractivity contribution in [3.05, 3.63) is 46.8 Å². The van der Waals surface area contributed by atoms with Gasteiger partial charge < -0.3 is 5.32 Å². The Balaban J connectivity index is 2.07. The smallest absolute Gasteiger partial charge is 0.252 e. The molecule has 5 nitrogen and oxygen atoms in total. The first-order valence-corrected chi connectivity index (χ1v) is 8.99. The Morgan fingerprint density at radius 1 is 1.27 bits per heavy atom. The summed E-state index contributed by atoms with van der Waals surface area (Å²) in [6.07, 6.45) is 0. The summed E-state index contributed by atoms with van der Waals surface area (Å²) in [5, 5.41) is 4.45. The Morgan fingerprint density at radius 3 is 2.64 bits per heavy atom. The number of thiophene rings is 1. The fraction of sp³-hybridized carbons (Fsp3) is 0.267. The lowest BCUT2D eigenvalue weighted by atomic mass is 10.1. The minimum atomic E-state index is -3.61. The molecule has 0 saturated heterocycles. The Hall–Kier alpha value is -1.70. The third kappa shape index (κ3) is 3.73. The molecule has 118 valence electrons. The molecule has 2 aromatic rings. The zero-order valence-electron chi connectivity index (χ0n) is 12.7. The number of aryl methyl sites for hydroxylation is 2. The van der Waals surface area contributed by atoms with Gasteiger partial charge in [0.15, 0.2) is 0 Å². The van der Waals surface area contributed by atoms with Gasteiger partial charge in [-0.25, -0.2) is 8.42 Å². The van der Waals surface area contributed by atoms with Crippen LogP contribution < -0.4 is 5.32 Å². The molecule has 0 aliphatic carbocycles. The van der Waals surface area contributed by atoms with Gasteiger partial charge in [-0.05, 0) is 42.5 Å². The molecule has 0 spiro atoms. The lowest BCUT2D eigenvalue weighted by Crippen LogP contribution is -2.34. The van der Waals surface area contributed by atoms with E-state index in [1.165, 1.54) is 13.1 Å². The molecule has 1 aromatic heterocycles. The number of sulfonamides is 1. The number of anilines is 1. The highest BCUT2D eigenvalue weighted by atomic mass is 32.2. The average Bonchev–Trinajstić information content (AvgIpc) is 2.97. The van der Waals surface area contributed by atoms with Crippen molar-refractivity contribution in [2.75, 3.05) is 18.9 Å². The van der Waals surface area contributed by atoms with Crippen molar-refractivity contribution in [3.8, 4) is 0 Å². The van der Waals surface area contributed by atoms with Crippen molar-refractivity contribution in [3.63, 3.8) is 0 Å². The molecule has 7 heteroatoms. The number of amides is 1. The summed E-state index contributed by atoms with van der Waals surface area (Å²) < 4.78 is 25.8. The first-order chi connectivity index (χ1) is 10.3. The Kier molecular flexibility index (Phi) is 5.00. The van der Waals surface area contributed by atoms with Crippen LogP contribution in [0.25, 0.3) is 0 Å². The van der Waals surface area contributed by atoms with E-state index in [-0.39, 0.29) is 16.7 Å². The lowest BCUT2D eigenvalue weighted by molar-refractivity contribution is -0.116. The molecule has 0 radical (unpaired) electrons. The predicted octanol–water partition coefficient (Wildman–Crippen LogP) is 2.62. The van der Waals surface area contributed by atoms with E-state index in [0.29, 0.717) is 5.69 Å². The van der Waals surface area contributed by atoms with Crippen LogP contribution in [0.2, 0.25) is 0 Å². The van der Waals surface area contributed by atoms with E-state index in [4.69, 9.17) is 0 Å². The van der Waals surface area contributed by atoms with E-state index < -0.39 is 10.0 Å². The Morgan fingerprint density at radius 2 is 2.00 bits per heavy atom. The van der Waals surface area contributed by atoms with E-state index in [1.807, 2.05) is 32.0 Å². The number of carbonyl (C=O) groups excluding carboxylic acids is 1. The standard InChI is InChI=1S/C15H18N2O3S2/c1-11-6-7-12(2)13(9-11)16-14(18)10-17(3)22(19,20)15-5-4-8-21-15/h4-9H,10H2,1-3H3,(H,16,18). The molecule has 1 aromatic carbocycles. The fourth-order valence-corrected chi connectivity index (χ4v) is 4.24. The normalized spacial score (nSPS) is 11.6. The van der Waals surface area contributed by atoms with Gasteiger partial charge in [-0.15, -0.1) is 11.3 Å². The van der Waals surface area contributed by atoms with Crippen molar-refractivity contribution >= 4 is 33.0 Å². The molecule has 0 bridgehead atoms. The molecule has 0 fully saturated rings. The summed E-state index contributed by atoms with van der Waals surface area (Å²) in [6.45, 7) is 3.59. The quantitative estimate of drug-likeness (QED) is 0.911. The maximum atomic E-state index is 12.3. The topological polar surface area (TPSA) is 66.5 Å². The lowest BCUT2D eigenvalue weighted by Gasteiger charge is -2.16. The summed E-state index contributed by atoms with van der Waals surface area (Å²) in [6, 6.07) is 8.93. The highest BCUT2D eigenvalue weighted by molar-refractivity contribution is 7.91. The van der Waals surface area contributed by atoms with Crippen LogP contribution in [-0.2, 0) is 14.8 Å². The number of hydrogen-bond acceptors (Lipinski definition) is 4. The van der Waals surface area contributed by atoms with Crippen molar-refractivity contribution in [2.45, 2.75) is 18.1 Å². The monoisotopic (exact) mass is 338 g/mol.